The lowest BCUT2D eigenvalue weighted by atomic mass is 10.1. The molecule has 0 heterocycles. The average molecular weight is 275 g/mol. The molecule has 0 aromatic heterocycles. The first-order valence-corrected chi connectivity index (χ1v) is 6.17. The molecule has 96 valence electrons. The highest BCUT2D eigenvalue weighted by molar-refractivity contribution is 6.30. The first kappa shape index (κ1) is 13.4. The SMILES string of the molecule is Cc1cccc(NCc2cc(Cl)ccc2F)c1C#N. The van der Waals surface area contributed by atoms with Crippen molar-refractivity contribution < 1.29 is 4.39 Å². The number of aryl methyl sites for hydroxylation is 1. The summed E-state index contributed by atoms with van der Waals surface area (Å²) < 4.78 is 13.6. The maximum absolute atomic E-state index is 13.6. The van der Waals surface area contributed by atoms with Gasteiger partial charge in [0.25, 0.3) is 0 Å². The Morgan fingerprint density at radius 3 is 2.84 bits per heavy atom. The van der Waals surface area contributed by atoms with E-state index in [1.807, 2.05) is 19.1 Å². The number of anilines is 1. The minimum Gasteiger partial charge on any atom is -0.380 e. The molecule has 0 fully saturated rings. The molecule has 0 radical (unpaired) electrons. The third-order valence-electron chi connectivity index (χ3n) is 2.86. The summed E-state index contributed by atoms with van der Waals surface area (Å²) in [5.74, 6) is -0.317. The Kier molecular flexibility index (Phi) is 4.03. The fourth-order valence-corrected chi connectivity index (χ4v) is 2.03. The third kappa shape index (κ3) is 3.04. The Morgan fingerprint density at radius 1 is 1.32 bits per heavy atom. The molecule has 2 rings (SSSR count). The van der Waals surface area contributed by atoms with E-state index in [1.54, 1.807) is 12.1 Å². The Hall–Kier alpha value is -2.05. The van der Waals surface area contributed by atoms with Gasteiger partial charge in [-0.1, -0.05) is 23.7 Å². The summed E-state index contributed by atoms with van der Waals surface area (Å²) >= 11 is 5.84. The van der Waals surface area contributed by atoms with Gasteiger partial charge in [0.1, 0.15) is 11.9 Å². The van der Waals surface area contributed by atoms with Crippen LogP contribution in [-0.2, 0) is 6.54 Å². The number of nitriles is 1. The van der Waals surface area contributed by atoms with E-state index in [9.17, 15) is 4.39 Å². The van der Waals surface area contributed by atoms with Crippen LogP contribution in [-0.4, -0.2) is 0 Å². The average Bonchev–Trinajstić information content (AvgIpc) is 2.40. The first-order valence-electron chi connectivity index (χ1n) is 5.79. The summed E-state index contributed by atoms with van der Waals surface area (Å²) in [6.07, 6.45) is 0. The molecule has 0 aliphatic rings. The van der Waals surface area contributed by atoms with Crippen LogP contribution in [0.25, 0.3) is 0 Å². The van der Waals surface area contributed by atoms with Crippen LogP contribution in [0.15, 0.2) is 36.4 Å². The highest BCUT2D eigenvalue weighted by Crippen LogP contribution is 2.21. The van der Waals surface area contributed by atoms with Crippen LogP contribution in [0.4, 0.5) is 10.1 Å². The van der Waals surface area contributed by atoms with Gasteiger partial charge >= 0.3 is 0 Å². The normalized spacial score (nSPS) is 10.0. The van der Waals surface area contributed by atoms with E-state index in [2.05, 4.69) is 11.4 Å². The van der Waals surface area contributed by atoms with Crippen molar-refractivity contribution in [2.24, 2.45) is 0 Å². The van der Waals surface area contributed by atoms with Gasteiger partial charge in [0.2, 0.25) is 0 Å². The lowest BCUT2D eigenvalue weighted by Crippen LogP contribution is -2.04. The number of rotatable bonds is 3. The van der Waals surface area contributed by atoms with Gasteiger partial charge in [0.05, 0.1) is 11.3 Å². The predicted molar refractivity (Wildman–Crippen MR) is 74.6 cm³/mol. The summed E-state index contributed by atoms with van der Waals surface area (Å²) in [6.45, 7) is 2.15. The molecule has 0 atom stereocenters. The van der Waals surface area contributed by atoms with Crippen LogP contribution in [0.5, 0.6) is 0 Å². The van der Waals surface area contributed by atoms with Gasteiger partial charge in [-0.3, -0.25) is 0 Å². The highest BCUT2D eigenvalue weighted by atomic mass is 35.5. The van der Waals surface area contributed by atoms with Crippen LogP contribution >= 0.6 is 11.6 Å². The minimum atomic E-state index is -0.317. The molecule has 0 spiro atoms. The molecule has 19 heavy (non-hydrogen) atoms. The lowest BCUT2D eigenvalue weighted by molar-refractivity contribution is 0.613. The van der Waals surface area contributed by atoms with Crippen molar-refractivity contribution in [1.82, 2.24) is 0 Å². The van der Waals surface area contributed by atoms with Crippen molar-refractivity contribution in [3.8, 4) is 6.07 Å². The fraction of sp³-hybridized carbons (Fsp3) is 0.133. The summed E-state index contributed by atoms with van der Waals surface area (Å²) in [5.41, 5.74) is 2.63. The topological polar surface area (TPSA) is 35.8 Å². The monoisotopic (exact) mass is 274 g/mol. The van der Waals surface area contributed by atoms with E-state index < -0.39 is 0 Å². The standard InChI is InChI=1S/C15H12ClFN2/c1-10-3-2-4-15(13(10)8-18)19-9-11-7-12(16)5-6-14(11)17/h2-7,19H,9H2,1H3. The van der Waals surface area contributed by atoms with Crippen molar-refractivity contribution in [2.75, 3.05) is 5.32 Å². The molecule has 0 saturated carbocycles. The molecule has 0 aliphatic carbocycles. The molecular formula is C15H12ClFN2. The molecule has 2 nitrogen and oxygen atoms in total. The number of halogens is 2. The van der Waals surface area contributed by atoms with Gasteiger partial charge in [-0.2, -0.15) is 5.26 Å². The van der Waals surface area contributed by atoms with E-state index in [1.165, 1.54) is 12.1 Å². The van der Waals surface area contributed by atoms with Gasteiger partial charge in [0, 0.05) is 17.1 Å². The molecule has 0 aliphatic heterocycles. The van der Waals surface area contributed by atoms with E-state index in [0.29, 0.717) is 21.8 Å². The van der Waals surface area contributed by atoms with Crippen LogP contribution in [0.3, 0.4) is 0 Å². The maximum atomic E-state index is 13.6. The second-order valence-corrected chi connectivity index (χ2v) is 4.63. The van der Waals surface area contributed by atoms with Gasteiger partial charge < -0.3 is 5.32 Å². The molecule has 0 unspecified atom stereocenters. The third-order valence-corrected chi connectivity index (χ3v) is 3.10. The number of nitrogens with one attached hydrogen (secondary N) is 1. The summed E-state index contributed by atoms with van der Waals surface area (Å²) in [6, 6.07) is 12.1. The quantitative estimate of drug-likeness (QED) is 0.907. The van der Waals surface area contributed by atoms with Crippen LogP contribution in [0.1, 0.15) is 16.7 Å². The van der Waals surface area contributed by atoms with Gasteiger partial charge in [-0.25, -0.2) is 4.39 Å². The zero-order valence-corrected chi connectivity index (χ0v) is 11.1. The zero-order chi connectivity index (χ0) is 13.8. The minimum absolute atomic E-state index is 0.282. The van der Waals surface area contributed by atoms with Crippen LogP contribution in [0.2, 0.25) is 5.02 Å². The van der Waals surface area contributed by atoms with Crippen molar-refractivity contribution in [3.63, 3.8) is 0 Å². The molecule has 0 amide bonds. The molecule has 2 aromatic carbocycles. The number of hydrogen-bond donors (Lipinski definition) is 1. The van der Waals surface area contributed by atoms with Gasteiger partial charge in [-0.15, -0.1) is 0 Å². The van der Waals surface area contributed by atoms with Crippen molar-refractivity contribution >= 4 is 17.3 Å². The molecule has 1 N–H and O–H groups in total. The Bertz CT molecular complexity index is 647. The van der Waals surface area contributed by atoms with Gasteiger partial charge in [-0.05, 0) is 36.8 Å². The second-order valence-electron chi connectivity index (χ2n) is 4.20. The Balaban J connectivity index is 2.22. The largest absolute Gasteiger partial charge is 0.380 e. The van der Waals surface area contributed by atoms with Crippen molar-refractivity contribution in [1.29, 1.82) is 5.26 Å². The van der Waals surface area contributed by atoms with E-state index in [-0.39, 0.29) is 12.4 Å². The lowest BCUT2D eigenvalue weighted by Gasteiger charge is -2.10. The fourth-order valence-electron chi connectivity index (χ4n) is 1.83. The number of nitrogens with zero attached hydrogens (tertiary/aromatic N) is 1. The van der Waals surface area contributed by atoms with Crippen molar-refractivity contribution in [2.45, 2.75) is 13.5 Å². The molecule has 0 saturated heterocycles. The smallest absolute Gasteiger partial charge is 0.128 e. The molecule has 2 aromatic rings. The van der Waals surface area contributed by atoms with Crippen LogP contribution in [0, 0.1) is 24.1 Å². The van der Waals surface area contributed by atoms with E-state index in [4.69, 9.17) is 16.9 Å². The Labute approximate surface area is 116 Å². The highest BCUT2D eigenvalue weighted by Gasteiger charge is 2.07. The molecular weight excluding hydrogens is 263 g/mol. The first-order chi connectivity index (χ1) is 9.11. The van der Waals surface area contributed by atoms with Crippen LogP contribution < -0.4 is 5.32 Å². The maximum Gasteiger partial charge on any atom is 0.128 e. The molecule has 4 heteroatoms. The summed E-state index contributed by atoms with van der Waals surface area (Å²) in [5, 5.41) is 12.7. The zero-order valence-electron chi connectivity index (χ0n) is 10.4. The Morgan fingerprint density at radius 2 is 2.11 bits per heavy atom. The van der Waals surface area contributed by atoms with Gasteiger partial charge in [0.15, 0.2) is 0 Å². The van der Waals surface area contributed by atoms with E-state index in [0.717, 1.165) is 5.56 Å². The second kappa shape index (κ2) is 5.73. The molecule has 0 bridgehead atoms. The summed E-state index contributed by atoms with van der Waals surface area (Å²) in [7, 11) is 0. The van der Waals surface area contributed by atoms with E-state index >= 15 is 0 Å². The van der Waals surface area contributed by atoms with Crippen molar-refractivity contribution in [3.05, 3.63) is 63.9 Å². The number of benzene rings is 2. The summed E-state index contributed by atoms with van der Waals surface area (Å²) in [4.78, 5) is 0. The number of hydrogen-bond acceptors (Lipinski definition) is 2. The predicted octanol–water partition coefficient (Wildman–Crippen LogP) is 4.27.